The maximum Gasteiger partial charge on any atom is 0.338 e. The van der Waals surface area contributed by atoms with E-state index < -0.39 is 6.10 Å². The van der Waals surface area contributed by atoms with E-state index in [1.54, 1.807) is 24.3 Å². The zero-order chi connectivity index (χ0) is 22.2. The van der Waals surface area contributed by atoms with E-state index in [0.717, 1.165) is 42.6 Å². The number of rotatable bonds is 5. The minimum Gasteiger partial charge on any atom is -0.457 e. The second kappa shape index (κ2) is 8.33. The van der Waals surface area contributed by atoms with E-state index in [1.165, 1.54) is 0 Å². The summed E-state index contributed by atoms with van der Waals surface area (Å²) in [6.07, 6.45) is 0.958. The summed E-state index contributed by atoms with van der Waals surface area (Å²) in [6.45, 7) is 4.25. The fourth-order valence-electron chi connectivity index (χ4n) is 4.52. The Hall–Kier alpha value is -3.30. The topological polar surface area (TPSA) is 118 Å². The number of carbonyl (C=O) groups is 2. The predicted octanol–water partition coefficient (Wildman–Crippen LogP) is 2.13. The molecule has 2 N–H and O–H groups in total. The van der Waals surface area contributed by atoms with E-state index in [9.17, 15) is 14.7 Å². The number of aliphatic hydroxyl groups excluding tert-OH is 1. The number of β-amino-alcohol motifs (C(OH)–C–C–N with tert-alkyl or cyclic N) is 1. The third kappa shape index (κ3) is 3.85. The van der Waals surface area contributed by atoms with Crippen molar-refractivity contribution in [2.75, 3.05) is 19.6 Å². The second-order valence-corrected chi connectivity index (χ2v) is 8.41. The molecular formula is C23H24N4O5. The summed E-state index contributed by atoms with van der Waals surface area (Å²) in [5.74, 6) is -0.440. The highest BCUT2D eigenvalue weighted by Gasteiger charge is 2.27. The molecule has 1 saturated heterocycles. The van der Waals surface area contributed by atoms with Gasteiger partial charge in [-0.05, 0) is 65.5 Å². The van der Waals surface area contributed by atoms with Crippen LogP contribution in [0.15, 0.2) is 35.0 Å². The number of nitrogens with one attached hydrogen (secondary N) is 1. The number of benzene rings is 2. The smallest absolute Gasteiger partial charge is 0.338 e. The van der Waals surface area contributed by atoms with Crippen LogP contribution >= 0.6 is 0 Å². The quantitative estimate of drug-likeness (QED) is 0.584. The molecule has 0 radical (unpaired) electrons. The zero-order valence-corrected chi connectivity index (χ0v) is 17.7. The van der Waals surface area contributed by atoms with Crippen LogP contribution in [0.25, 0.3) is 11.0 Å². The Labute approximate surface area is 184 Å². The Morgan fingerprint density at radius 2 is 2.00 bits per heavy atom. The molecule has 9 nitrogen and oxygen atoms in total. The normalized spacial score (nSPS) is 17.9. The Kier molecular flexibility index (Phi) is 5.36. The van der Waals surface area contributed by atoms with Crippen LogP contribution in [-0.4, -0.2) is 57.9 Å². The molecule has 166 valence electrons. The molecule has 32 heavy (non-hydrogen) atoms. The lowest BCUT2D eigenvalue weighted by Gasteiger charge is -2.33. The van der Waals surface area contributed by atoms with Gasteiger partial charge in [0.1, 0.15) is 17.6 Å². The number of likely N-dealkylation sites (tertiary alicyclic amines) is 1. The standard InChI is InChI=1S/C23H24N4O5/c1-13-16(3-4-17-18(13)12-31-23(17)30)21(28)11-27-8-6-15(7-9-27)24-22(29)14-2-5-19-20(10-14)26-32-25-19/h2-5,10,15,21,28H,6-9,11-12H2,1H3,(H,24,29). The van der Waals surface area contributed by atoms with Crippen molar-refractivity contribution in [3.8, 4) is 0 Å². The molecule has 2 aliphatic rings. The van der Waals surface area contributed by atoms with Gasteiger partial charge < -0.3 is 20.1 Å². The first-order valence-corrected chi connectivity index (χ1v) is 10.7. The van der Waals surface area contributed by atoms with Gasteiger partial charge >= 0.3 is 5.97 Å². The van der Waals surface area contributed by atoms with Crippen molar-refractivity contribution in [3.05, 3.63) is 58.1 Å². The molecule has 2 aliphatic heterocycles. The van der Waals surface area contributed by atoms with Crippen LogP contribution in [0.2, 0.25) is 0 Å². The Morgan fingerprint density at radius 3 is 2.81 bits per heavy atom. The number of carbonyl (C=O) groups excluding carboxylic acids is 2. The summed E-state index contributed by atoms with van der Waals surface area (Å²) in [6, 6.07) is 8.74. The number of ether oxygens (including phenoxy) is 1. The number of hydrogen-bond donors (Lipinski definition) is 2. The highest BCUT2D eigenvalue weighted by Crippen LogP contribution is 2.29. The average molecular weight is 436 g/mol. The monoisotopic (exact) mass is 436 g/mol. The van der Waals surface area contributed by atoms with Gasteiger partial charge in [-0.15, -0.1) is 0 Å². The van der Waals surface area contributed by atoms with Gasteiger partial charge in [0.15, 0.2) is 0 Å². The van der Waals surface area contributed by atoms with Gasteiger partial charge in [0.05, 0.1) is 11.7 Å². The van der Waals surface area contributed by atoms with Gasteiger partial charge in [0.2, 0.25) is 0 Å². The highest BCUT2D eigenvalue weighted by atomic mass is 16.6. The third-order valence-electron chi connectivity index (χ3n) is 6.44. The first-order chi connectivity index (χ1) is 15.5. The van der Waals surface area contributed by atoms with Crippen molar-refractivity contribution in [3.63, 3.8) is 0 Å². The summed E-state index contributed by atoms with van der Waals surface area (Å²) >= 11 is 0. The van der Waals surface area contributed by atoms with Crippen LogP contribution < -0.4 is 5.32 Å². The molecule has 3 aromatic rings. The summed E-state index contributed by atoms with van der Waals surface area (Å²) in [5, 5.41) is 21.4. The molecule has 5 rings (SSSR count). The zero-order valence-electron chi connectivity index (χ0n) is 17.7. The van der Waals surface area contributed by atoms with Gasteiger partial charge in [0.25, 0.3) is 5.91 Å². The number of fused-ring (bicyclic) bond motifs is 2. The lowest BCUT2D eigenvalue weighted by molar-refractivity contribution is 0.0534. The molecule has 0 spiro atoms. The minimum atomic E-state index is -0.648. The summed E-state index contributed by atoms with van der Waals surface area (Å²) in [5.41, 5.74) is 4.91. The highest BCUT2D eigenvalue weighted by molar-refractivity contribution is 5.97. The van der Waals surface area contributed by atoms with E-state index in [1.807, 2.05) is 13.0 Å². The molecular weight excluding hydrogens is 412 g/mol. The van der Waals surface area contributed by atoms with Crippen LogP contribution in [0.5, 0.6) is 0 Å². The molecule has 1 unspecified atom stereocenters. The molecule has 1 aromatic heterocycles. The lowest BCUT2D eigenvalue weighted by Crippen LogP contribution is -2.45. The second-order valence-electron chi connectivity index (χ2n) is 8.41. The van der Waals surface area contributed by atoms with E-state index in [-0.39, 0.29) is 24.5 Å². The van der Waals surface area contributed by atoms with Crippen molar-refractivity contribution < 1.29 is 24.1 Å². The molecule has 0 saturated carbocycles. The van der Waals surface area contributed by atoms with Gasteiger partial charge in [-0.2, -0.15) is 0 Å². The van der Waals surface area contributed by atoms with E-state index in [0.29, 0.717) is 28.7 Å². The number of aliphatic hydroxyl groups is 1. The van der Waals surface area contributed by atoms with Crippen LogP contribution in [0, 0.1) is 6.92 Å². The largest absolute Gasteiger partial charge is 0.457 e. The van der Waals surface area contributed by atoms with Crippen molar-refractivity contribution >= 4 is 22.9 Å². The SMILES string of the molecule is Cc1c(C(O)CN2CCC(NC(=O)c3ccc4nonc4c3)CC2)ccc2c1COC2=O. The van der Waals surface area contributed by atoms with Gasteiger partial charge in [-0.25, -0.2) is 9.42 Å². The molecule has 1 amide bonds. The number of aromatic nitrogens is 2. The number of nitrogens with zero attached hydrogens (tertiary/aromatic N) is 3. The molecule has 2 aromatic carbocycles. The molecule has 9 heteroatoms. The average Bonchev–Trinajstić information content (AvgIpc) is 3.42. The number of hydrogen-bond acceptors (Lipinski definition) is 8. The van der Waals surface area contributed by atoms with Crippen molar-refractivity contribution in [2.45, 2.75) is 38.5 Å². The van der Waals surface area contributed by atoms with Crippen LogP contribution in [0.3, 0.4) is 0 Å². The van der Waals surface area contributed by atoms with Gasteiger partial charge in [-0.1, -0.05) is 6.07 Å². The number of amides is 1. The van der Waals surface area contributed by atoms with Crippen molar-refractivity contribution in [1.29, 1.82) is 0 Å². The van der Waals surface area contributed by atoms with E-state index in [2.05, 4.69) is 25.2 Å². The number of piperidine rings is 1. The summed E-state index contributed by atoms with van der Waals surface area (Å²) in [7, 11) is 0. The fourth-order valence-corrected chi connectivity index (χ4v) is 4.52. The molecule has 1 atom stereocenters. The summed E-state index contributed by atoms with van der Waals surface area (Å²) in [4.78, 5) is 26.5. The van der Waals surface area contributed by atoms with Crippen LogP contribution in [-0.2, 0) is 11.3 Å². The minimum absolute atomic E-state index is 0.0758. The lowest BCUT2D eigenvalue weighted by atomic mass is 9.94. The molecule has 1 fully saturated rings. The van der Waals surface area contributed by atoms with Crippen LogP contribution in [0.1, 0.15) is 56.4 Å². The maximum absolute atomic E-state index is 12.6. The Morgan fingerprint density at radius 1 is 1.22 bits per heavy atom. The van der Waals surface area contributed by atoms with Crippen molar-refractivity contribution in [1.82, 2.24) is 20.5 Å². The number of cyclic esters (lactones) is 1. The van der Waals surface area contributed by atoms with E-state index >= 15 is 0 Å². The van der Waals surface area contributed by atoms with Crippen molar-refractivity contribution in [2.24, 2.45) is 0 Å². The van der Waals surface area contributed by atoms with Crippen LogP contribution in [0.4, 0.5) is 0 Å². The summed E-state index contributed by atoms with van der Waals surface area (Å²) < 4.78 is 9.78. The first kappa shape index (κ1) is 20.6. The fraction of sp³-hybridized carbons (Fsp3) is 0.391. The first-order valence-electron chi connectivity index (χ1n) is 10.7. The molecule has 3 heterocycles. The maximum atomic E-state index is 12.6. The predicted molar refractivity (Wildman–Crippen MR) is 114 cm³/mol. The van der Waals surface area contributed by atoms with Gasteiger partial charge in [-0.3, -0.25) is 4.79 Å². The number of esters is 1. The Balaban J connectivity index is 1.15. The molecule has 0 aliphatic carbocycles. The van der Waals surface area contributed by atoms with Gasteiger partial charge in [0, 0.05) is 36.8 Å². The third-order valence-corrected chi connectivity index (χ3v) is 6.44. The molecule has 0 bridgehead atoms. The van der Waals surface area contributed by atoms with E-state index in [4.69, 9.17) is 4.74 Å². The Bertz CT molecular complexity index is 1180.